The number of hydrogen-bond acceptors (Lipinski definition) is 4. The van der Waals surface area contributed by atoms with Gasteiger partial charge in [0.2, 0.25) is 0 Å². The van der Waals surface area contributed by atoms with Crippen molar-refractivity contribution in [2.75, 3.05) is 32.8 Å². The third-order valence-corrected chi connectivity index (χ3v) is 3.04. The average molecular weight is 243 g/mol. The molecule has 0 unspecified atom stereocenters. The zero-order valence-corrected chi connectivity index (χ0v) is 11.4. The van der Waals surface area contributed by atoms with Crippen molar-refractivity contribution in [1.82, 2.24) is 15.7 Å². The maximum Gasteiger partial charge on any atom is 0.263 e. The average Bonchev–Trinajstić information content (AvgIpc) is 2.29. The molecule has 1 rings (SSSR count). The Balaban J connectivity index is 2.41. The molecule has 0 aliphatic carbocycles. The van der Waals surface area contributed by atoms with Crippen LogP contribution in [0.4, 0.5) is 0 Å². The Morgan fingerprint density at radius 2 is 2.00 bits per heavy atom. The van der Waals surface area contributed by atoms with Crippen molar-refractivity contribution in [2.45, 2.75) is 33.2 Å². The summed E-state index contributed by atoms with van der Waals surface area (Å²) in [5.74, 6) is 0.345. The van der Waals surface area contributed by atoms with Crippen molar-refractivity contribution in [1.29, 1.82) is 0 Å². The van der Waals surface area contributed by atoms with Crippen LogP contribution in [0.25, 0.3) is 0 Å². The fraction of sp³-hybridized carbons (Fsp3) is 0.917. The molecule has 5 nitrogen and oxygen atoms in total. The van der Waals surface area contributed by atoms with E-state index in [-0.39, 0.29) is 5.91 Å². The smallest absolute Gasteiger partial charge is 0.263 e. The van der Waals surface area contributed by atoms with Crippen LogP contribution in [0.3, 0.4) is 0 Å². The Bertz CT molecular complexity index is 248. The third-order valence-electron chi connectivity index (χ3n) is 3.04. The molecule has 0 aromatic rings. The highest BCUT2D eigenvalue weighted by Crippen LogP contribution is 2.15. The second kappa shape index (κ2) is 6.33. The Morgan fingerprint density at radius 3 is 2.53 bits per heavy atom. The molecule has 1 fully saturated rings. The number of carbonyl (C=O) groups is 1. The van der Waals surface area contributed by atoms with E-state index in [0.717, 1.165) is 26.2 Å². The first-order valence-corrected chi connectivity index (χ1v) is 6.32. The third kappa shape index (κ3) is 4.26. The lowest BCUT2D eigenvalue weighted by molar-refractivity contribution is -0.146. The first-order chi connectivity index (χ1) is 7.94. The molecule has 2 N–H and O–H groups in total. The molecule has 0 atom stereocenters. The van der Waals surface area contributed by atoms with E-state index in [1.54, 1.807) is 0 Å². The standard InChI is InChI=1S/C12H25N3O2/c1-10(2)9-17-14-11(16)12(3,4)15-7-5-13-6-8-15/h10,13H,5-9H2,1-4H3,(H,14,16). The van der Waals surface area contributed by atoms with Gasteiger partial charge in [0.1, 0.15) is 0 Å². The first kappa shape index (κ1) is 14.4. The molecule has 1 amide bonds. The van der Waals surface area contributed by atoms with Crippen LogP contribution in [0.2, 0.25) is 0 Å². The minimum absolute atomic E-state index is 0.0694. The topological polar surface area (TPSA) is 53.6 Å². The van der Waals surface area contributed by atoms with E-state index in [4.69, 9.17) is 4.84 Å². The van der Waals surface area contributed by atoms with E-state index in [0.29, 0.717) is 12.5 Å². The minimum atomic E-state index is -0.515. The number of amides is 1. The van der Waals surface area contributed by atoms with E-state index < -0.39 is 5.54 Å². The van der Waals surface area contributed by atoms with Gasteiger partial charge in [0, 0.05) is 26.2 Å². The van der Waals surface area contributed by atoms with Crippen LogP contribution < -0.4 is 10.8 Å². The maximum absolute atomic E-state index is 12.0. The van der Waals surface area contributed by atoms with Gasteiger partial charge in [0.15, 0.2) is 0 Å². The number of rotatable bonds is 5. The van der Waals surface area contributed by atoms with E-state index >= 15 is 0 Å². The minimum Gasteiger partial charge on any atom is -0.314 e. The molecule has 0 aromatic carbocycles. The lowest BCUT2D eigenvalue weighted by atomic mass is 10.0. The molecule has 1 heterocycles. The van der Waals surface area contributed by atoms with Crippen LogP contribution >= 0.6 is 0 Å². The van der Waals surface area contributed by atoms with E-state index in [1.807, 2.05) is 27.7 Å². The maximum atomic E-state index is 12.0. The number of carbonyl (C=O) groups excluding carboxylic acids is 1. The normalized spacial score (nSPS) is 18.4. The summed E-state index contributed by atoms with van der Waals surface area (Å²) in [5, 5.41) is 3.28. The molecule has 0 aromatic heterocycles. The molecule has 0 bridgehead atoms. The molecule has 100 valence electrons. The summed E-state index contributed by atoms with van der Waals surface area (Å²) in [6.45, 7) is 12.2. The summed E-state index contributed by atoms with van der Waals surface area (Å²) >= 11 is 0. The van der Waals surface area contributed by atoms with Crippen LogP contribution in [0.1, 0.15) is 27.7 Å². The van der Waals surface area contributed by atoms with Crippen LogP contribution in [0.5, 0.6) is 0 Å². The Morgan fingerprint density at radius 1 is 1.41 bits per heavy atom. The van der Waals surface area contributed by atoms with Gasteiger partial charge in [-0.3, -0.25) is 14.5 Å². The van der Waals surface area contributed by atoms with Crippen molar-refractivity contribution in [3.63, 3.8) is 0 Å². The van der Waals surface area contributed by atoms with Crippen LogP contribution in [0, 0.1) is 5.92 Å². The van der Waals surface area contributed by atoms with Crippen molar-refractivity contribution < 1.29 is 9.63 Å². The van der Waals surface area contributed by atoms with Gasteiger partial charge in [-0.1, -0.05) is 13.8 Å². The number of nitrogens with zero attached hydrogens (tertiary/aromatic N) is 1. The van der Waals surface area contributed by atoms with Crippen molar-refractivity contribution in [2.24, 2.45) is 5.92 Å². The summed E-state index contributed by atoms with van der Waals surface area (Å²) in [5.41, 5.74) is 2.04. The Kier molecular flexibility index (Phi) is 5.36. The molecule has 17 heavy (non-hydrogen) atoms. The zero-order chi connectivity index (χ0) is 12.9. The van der Waals surface area contributed by atoms with Gasteiger partial charge < -0.3 is 5.32 Å². The molecule has 0 spiro atoms. The summed E-state index contributed by atoms with van der Waals surface area (Å²) < 4.78 is 0. The highest BCUT2D eigenvalue weighted by molar-refractivity contribution is 5.84. The summed E-state index contributed by atoms with van der Waals surface area (Å²) in [6.07, 6.45) is 0. The predicted molar refractivity (Wildman–Crippen MR) is 67.5 cm³/mol. The van der Waals surface area contributed by atoms with Crippen molar-refractivity contribution >= 4 is 5.91 Å². The predicted octanol–water partition coefficient (Wildman–Crippen LogP) is 0.374. The molecular weight excluding hydrogens is 218 g/mol. The number of hydroxylamine groups is 1. The summed E-state index contributed by atoms with van der Waals surface area (Å²) in [6, 6.07) is 0. The zero-order valence-electron chi connectivity index (χ0n) is 11.4. The fourth-order valence-corrected chi connectivity index (χ4v) is 1.77. The highest BCUT2D eigenvalue weighted by atomic mass is 16.7. The van der Waals surface area contributed by atoms with Crippen LogP contribution in [-0.2, 0) is 9.63 Å². The largest absolute Gasteiger partial charge is 0.314 e. The monoisotopic (exact) mass is 243 g/mol. The van der Waals surface area contributed by atoms with Gasteiger partial charge >= 0.3 is 0 Å². The molecule has 5 heteroatoms. The van der Waals surface area contributed by atoms with Gasteiger partial charge in [-0.15, -0.1) is 0 Å². The van der Waals surface area contributed by atoms with Crippen molar-refractivity contribution in [3.05, 3.63) is 0 Å². The van der Waals surface area contributed by atoms with Gasteiger partial charge in [-0.05, 0) is 19.8 Å². The SMILES string of the molecule is CC(C)CONC(=O)C(C)(C)N1CCNCC1. The number of hydrogen-bond donors (Lipinski definition) is 2. The lowest BCUT2D eigenvalue weighted by Gasteiger charge is -2.39. The van der Waals surface area contributed by atoms with Gasteiger partial charge in [0.25, 0.3) is 5.91 Å². The molecule has 1 aliphatic rings. The van der Waals surface area contributed by atoms with Crippen LogP contribution in [-0.4, -0.2) is 49.1 Å². The second-order valence-electron chi connectivity index (χ2n) is 5.43. The van der Waals surface area contributed by atoms with Gasteiger partial charge in [0.05, 0.1) is 12.1 Å². The van der Waals surface area contributed by atoms with E-state index in [1.165, 1.54) is 0 Å². The van der Waals surface area contributed by atoms with Crippen molar-refractivity contribution in [3.8, 4) is 0 Å². The molecule has 1 saturated heterocycles. The quantitative estimate of drug-likeness (QED) is 0.685. The fourth-order valence-electron chi connectivity index (χ4n) is 1.77. The first-order valence-electron chi connectivity index (χ1n) is 6.32. The molecule has 0 radical (unpaired) electrons. The summed E-state index contributed by atoms with van der Waals surface area (Å²) in [7, 11) is 0. The van der Waals surface area contributed by atoms with Gasteiger partial charge in [-0.2, -0.15) is 0 Å². The Labute approximate surface area is 104 Å². The second-order valence-corrected chi connectivity index (χ2v) is 5.43. The van der Waals surface area contributed by atoms with Gasteiger partial charge in [-0.25, -0.2) is 5.48 Å². The molecule has 1 aliphatic heterocycles. The Hall–Kier alpha value is -0.650. The summed E-state index contributed by atoms with van der Waals surface area (Å²) in [4.78, 5) is 19.4. The van der Waals surface area contributed by atoms with E-state index in [2.05, 4.69) is 15.7 Å². The number of piperazine rings is 1. The number of nitrogens with one attached hydrogen (secondary N) is 2. The highest BCUT2D eigenvalue weighted by Gasteiger charge is 2.35. The lowest BCUT2D eigenvalue weighted by Crippen LogP contribution is -2.60. The van der Waals surface area contributed by atoms with Crippen LogP contribution in [0.15, 0.2) is 0 Å². The van der Waals surface area contributed by atoms with E-state index in [9.17, 15) is 4.79 Å². The molecule has 0 saturated carbocycles. The molecular formula is C12H25N3O2.